The molecule has 0 aliphatic heterocycles. The highest BCUT2D eigenvalue weighted by Crippen LogP contribution is 2.24. The van der Waals surface area contributed by atoms with Crippen molar-refractivity contribution < 1.29 is 9.84 Å². The Balaban J connectivity index is 2.78. The van der Waals surface area contributed by atoms with Crippen molar-refractivity contribution in [2.75, 3.05) is 13.2 Å². The third-order valence-electron chi connectivity index (χ3n) is 2.62. The molecular weight excluding hydrogens is 214 g/mol. The fourth-order valence-electron chi connectivity index (χ4n) is 1.59. The Morgan fingerprint density at radius 2 is 2.12 bits per heavy atom. The van der Waals surface area contributed by atoms with Crippen LogP contribution in [0.5, 0.6) is 5.75 Å². The molecule has 1 aromatic rings. The molecule has 0 amide bonds. The molecular formula is C14H23NO2. The lowest BCUT2D eigenvalue weighted by molar-refractivity contribution is 0.0547. The quantitative estimate of drug-likeness (QED) is 0.797. The first-order chi connectivity index (χ1) is 7.95. The molecule has 0 bridgehead atoms. The van der Waals surface area contributed by atoms with Gasteiger partial charge in [-0.3, -0.25) is 0 Å². The van der Waals surface area contributed by atoms with Crippen molar-refractivity contribution in [1.29, 1.82) is 0 Å². The summed E-state index contributed by atoms with van der Waals surface area (Å²) in [4.78, 5) is 0. The molecule has 96 valence electrons. The third-order valence-corrected chi connectivity index (χ3v) is 2.62. The van der Waals surface area contributed by atoms with Crippen molar-refractivity contribution in [3.63, 3.8) is 0 Å². The van der Waals surface area contributed by atoms with Gasteiger partial charge in [0.05, 0.1) is 12.2 Å². The van der Waals surface area contributed by atoms with E-state index in [2.05, 4.69) is 19.2 Å². The molecule has 0 spiro atoms. The maximum atomic E-state index is 10.4. The molecule has 1 atom stereocenters. The van der Waals surface area contributed by atoms with E-state index in [9.17, 15) is 5.11 Å². The van der Waals surface area contributed by atoms with Gasteiger partial charge in [-0.2, -0.15) is 0 Å². The van der Waals surface area contributed by atoms with Crippen molar-refractivity contribution >= 4 is 0 Å². The Morgan fingerprint density at radius 3 is 2.71 bits per heavy atom. The van der Waals surface area contributed by atoms with E-state index in [4.69, 9.17) is 4.74 Å². The van der Waals surface area contributed by atoms with E-state index < -0.39 is 5.60 Å². The third kappa shape index (κ3) is 4.36. The van der Waals surface area contributed by atoms with E-state index in [0.717, 1.165) is 11.3 Å². The highest BCUT2D eigenvalue weighted by atomic mass is 16.5. The first kappa shape index (κ1) is 14.0. The highest BCUT2D eigenvalue weighted by molar-refractivity contribution is 5.32. The molecule has 17 heavy (non-hydrogen) atoms. The largest absolute Gasteiger partial charge is 0.494 e. The summed E-state index contributed by atoms with van der Waals surface area (Å²) in [5.74, 6) is 0.801. The molecule has 3 heteroatoms. The van der Waals surface area contributed by atoms with Gasteiger partial charge in [0.25, 0.3) is 0 Å². The van der Waals surface area contributed by atoms with Crippen LogP contribution in [0.25, 0.3) is 0 Å². The molecule has 1 unspecified atom stereocenters. The summed E-state index contributed by atoms with van der Waals surface area (Å²) in [6.07, 6.45) is 0. The van der Waals surface area contributed by atoms with Crippen LogP contribution in [0.15, 0.2) is 24.3 Å². The maximum absolute atomic E-state index is 10.4. The van der Waals surface area contributed by atoms with Crippen LogP contribution in [0.2, 0.25) is 0 Å². The van der Waals surface area contributed by atoms with Gasteiger partial charge in [0, 0.05) is 12.6 Å². The van der Waals surface area contributed by atoms with Crippen molar-refractivity contribution in [2.45, 2.75) is 39.3 Å². The standard InChI is InChI=1S/C14H23NO2/c1-5-17-13-8-6-7-12(9-13)14(4,16)10-15-11(2)3/h6-9,11,15-16H,5,10H2,1-4H3. The molecule has 0 saturated heterocycles. The second kappa shape index (κ2) is 6.03. The van der Waals surface area contributed by atoms with Crippen LogP contribution < -0.4 is 10.1 Å². The van der Waals surface area contributed by atoms with Crippen LogP contribution >= 0.6 is 0 Å². The van der Waals surface area contributed by atoms with E-state index in [1.165, 1.54) is 0 Å². The van der Waals surface area contributed by atoms with Gasteiger partial charge in [-0.15, -0.1) is 0 Å². The van der Waals surface area contributed by atoms with Crippen molar-refractivity contribution in [2.24, 2.45) is 0 Å². The van der Waals surface area contributed by atoms with E-state index >= 15 is 0 Å². The predicted molar refractivity (Wildman–Crippen MR) is 70.3 cm³/mol. The Hall–Kier alpha value is -1.06. The summed E-state index contributed by atoms with van der Waals surface area (Å²) in [5.41, 5.74) is -0.00575. The van der Waals surface area contributed by atoms with Crippen LogP contribution in [0, 0.1) is 0 Å². The Labute approximate surface area is 104 Å². The fourth-order valence-corrected chi connectivity index (χ4v) is 1.59. The molecule has 1 rings (SSSR count). The van der Waals surface area contributed by atoms with Gasteiger partial charge in [-0.05, 0) is 31.5 Å². The van der Waals surface area contributed by atoms with Crippen molar-refractivity contribution in [1.82, 2.24) is 5.32 Å². The minimum Gasteiger partial charge on any atom is -0.494 e. The second-order valence-electron chi connectivity index (χ2n) is 4.77. The lowest BCUT2D eigenvalue weighted by atomic mass is 9.95. The normalized spacial score (nSPS) is 14.7. The van der Waals surface area contributed by atoms with Crippen LogP contribution in [0.4, 0.5) is 0 Å². The van der Waals surface area contributed by atoms with Gasteiger partial charge < -0.3 is 15.2 Å². The molecule has 0 radical (unpaired) electrons. The SMILES string of the molecule is CCOc1cccc(C(C)(O)CNC(C)C)c1. The average molecular weight is 237 g/mol. The predicted octanol–water partition coefficient (Wildman–Crippen LogP) is 2.29. The fraction of sp³-hybridized carbons (Fsp3) is 0.571. The molecule has 3 nitrogen and oxygen atoms in total. The Morgan fingerprint density at radius 1 is 1.41 bits per heavy atom. The zero-order valence-corrected chi connectivity index (χ0v) is 11.2. The molecule has 0 aliphatic carbocycles. The topological polar surface area (TPSA) is 41.5 Å². The number of nitrogens with one attached hydrogen (secondary N) is 1. The zero-order chi connectivity index (χ0) is 12.9. The minimum absolute atomic E-state index is 0.358. The first-order valence-electron chi connectivity index (χ1n) is 6.15. The number of benzene rings is 1. The van der Waals surface area contributed by atoms with Gasteiger partial charge in [0.1, 0.15) is 5.75 Å². The summed E-state index contributed by atoms with van der Waals surface area (Å²) in [7, 11) is 0. The zero-order valence-electron chi connectivity index (χ0n) is 11.2. The number of hydrogen-bond acceptors (Lipinski definition) is 3. The lowest BCUT2D eigenvalue weighted by Gasteiger charge is -2.26. The molecule has 2 N–H and O–H groups in total. The summed E-state index contributed by atoms with van der Waals surface area (Å²) in [5, 5.41) is 13.7. The van der Waals surface area contributed by atoms with Crippen LogP contribution in [0.1, 0.15) is 33.3 Å². The smallest absolute Gasteiger partial charge is 0.119 e. The van der Waals surface area contributed by atoms with E-state index in [1.54, 1.807) is 0 Å². The highest BCUT2D eigenvalue weighted by Gasteiger charge is 2.23. The van der Waals surface area contributed by atoms with Crippen molar-refractivity contribution in [3.8, 4) is 5.75 Å². The number of rotatable bonds is 6. The monoisotopic (exact) mass is 237 g/mol. The number of hydrogen-bond donors (Lipinski definition) is 2. The maximum Gasteiger partial charge on any atom is 0.119 e. The van der Waals surface area contributed by atoms with Crippen LogP contribution in [-0.4, -0.2) is 24.3 Å². The molecule has 0 heterocycles. The average Bonchev–Trinajstić information content (AvgIpc) is 2.27. The van der Waals surface area contributed by atoms with E-state index in [0.29, 0.717) is 19.2 Å². The molecule has 1 aromatic carbocycles. The minimum atomic E-state index is -0.878. The van der Waals surface area contributed by atoms with Gasteiger partial charge >= 0.3 is 0 Å². The van der Waals surface area contributed by atoms with Gasteiger partial charge in [-0.25, -0.2) is 0 Å². The van der Waals surface area contributed by atoms with E-state index in [-0.39, 0.29) is 0 Å². The van der Waals surface area contributed by atoms with Crippen LogP contribution in [0.3, 0.4) is 0 Å². The molecule has 0 fully saturated rings. The van der Waals surface area contributed by atoms with Crippen molar-refractivity contribution in [3.05, 3.63) is 29.8 Å². The second-order valence-corrected chi connectivity index (χ2v) is 4.77. The number of ether oxygens (including phenoxy) is 1. The Bertz CT molecular complexity index is 348. The Kier molecular flexibility index (Phi) is 4.97. The van der Waals surface area contributed by atoms with Crippen LogP contribution in [-0.2, 0) is 5.60 Å². The lowest BCUT2D eigenvalue weighted by Crippen LogP contribution is -2.38. The van der Waals surface area contributed by atoms with Gasteiger partial charge in [0.15, 0.2) is 0 Å². The molecule has 0 saturated carbocycles. The summed E-state index contributed by atoms with van der Waals surface area (Å²) >= 11 is 0. The summed E-state index contributed by atoms with van der Waals surface area (Å²) in [6.45, 7) is 9.05. The first-order valence-corrected chi connectivity index (χ1v) is 6.15. The van der Waals surface area contributed by atoms with E-state index in [1.807, 2.05) is 38.1 Å². The van der Waals surface area contributed by atoms with Gasteiger partial charge in [-0.1, -0.05) is 26.0 Å². The number of aliphatic hydroxyl groups is 1. The van der Waals surface area contributed by atoms with Gasteiger partial charge in [0.2, 0.25) is 0 Å². The molecule has 0 aliphatic rings. The molecule has 0 aromatic heterocycles. The summed E-state index contributed by atoms with van der Waals surface area (Å²) in [6, 6.07) is 7.98. The summed E-state index contributed by atoms with van der Waals surface area (Å²) < 4.78 is 5.44.